The Bertz CT molecular complexity index is 610. The van der Waals surface area contributed by atoms with E-state index in [-0.39, 0.29) is 6.04 Å². The van der Waals surface area contributed by atoms with Crippen LogP contribution in [0.1, 0.15) is 53.1 Å². The molecule has 0 amide bonds. The predicted molar refractivity (Wildman–Crippen MR) is 76.7 cm³/mol. The summed E-state index contributed by atoms with van der Waals surface area (Å²) in [6.07, 6.45) is 2.71. The van der Waals surface area contributed by atoms with E-state index in [4.69, 9.17) is 0 Å². The van der Waals surface area contributed by atoms with E-state index in [2.05, 4.69) is 48.7 Å². The minimum absolute atomic E-state index is 0.288. The summed E-state index contributed by atoms with van der Waals surface area (Å²) < 4.78 is 2.34. The van der Waals surface area contributed by atoms with E-state index in [0.717, 1.165) is 18.4 Å². The molecule has 0 bridgehead atoms. The molecule has 98 valence electrons. The lowest BCUT2D eigenvalue weighted by Crippen LogP contribution is -2.16. The fourth-order valence-electron chi connectivity index (χ4n) is 3.17. The number of hydrogen-bond donors (Lipinski definition) is 0. The van der Waals surface area contributed by atoms with Crippen molar-refractivity contribution in [3.05, 3.63) is 58.9 Å². The molecular formula is C17H19NO. The lowest BCUT2D eigenvalue weighted by atomic mass is 9.96. The molecule has 1 unspecified atom stereocenters. The van der Waals surface area contributed by atoms with Gasteiger partial charge in [-0.3, -0.25) is 4.79 Å². The van der Waals surface area contributed by atoms with Crippen molar-refractivity contribution in [1.29, 1.82) is 0 Å². The molecule has 0 N–H and O–H groups in total. The van der Waals surface area contributed by atoms with Crippen molar-refractivity contribution >= 4 is 5.78 Å². The molecule has 1 aromatic heterocycles. The number of nitrogens with zero attached hydrogens (tertiary/aromatic N) is 1. The quantitative estimate of drug-likeness (QED) is 0.795. The Morgan fingerprint density at radius 2 is 1.89 bits per heavy atom. The molecule has 1 aliphatic carbocycles. The smallest absolute Gasteiger partial charge is 0.164 e. The number of hydrogen-bond acceptors (Lipinski definition) is 1. The van der Waals surface area contributed by atoms with Crippen molar-refractivity contribution in [2.24, 2.45) is 0 Å². The number of aromatic nitrogens is 1. The van der Waals surface area contributed by atoms with Crippen LogP contribution >= 0.6 is 0 Å². The van der Waals surface area contributed by atoms with Gasteiger partial charge >= 0.3 is 0 Å². The van der Waals surface area contributed by atoms with Gasteiger partial charge in [-0.1, -0.05) is 30.3 Å². The minimum atomic E-state index is 0.288. The van der Waals surface area contributed by atoms with Gasteiger partial charge in [0.25, 0.3) is 0 Å². The first-order chi connectivity index (χ1) is 9.18. The van der Waals surface area contributed by atoms with Gasteiger partial charge in [-0.15, -0.1) is 0 Å². The molecule has 2 aromatic rings. The van der Waals surface area contributed by atoms with Crippen LogP contribution in [0.4, 0.5) is 0 Å². The largest absolute Gasteiger partial charge is 0.341 e. The highest BCUT2D eigenvalue weighted by molar-refractivity contribution is 5.98. The summed E-state index contributed by atoms with van der Waals surface area (Å²) in [6, 6.07) is 12.8. The molecule has 1 heterocycles. The molecule has 2 nitrogen and oxygen atoms in total. The van der Waals surface area contributed by atoms with E-state index >= 15 is 0 Å². The molecule has 3 rings (SSSR count). The molecule has 1 aromatic carbocycles. The van der Waals surface area contributed by atoms with Crippen LogP contribution in [0.15, 0.2) is 36.4 Å². The van der Waals surface area contributed by atoms with Gasteiger partial charge < -0.3 is 4.57 Å². The van der Waals surface area contributed by atoms with Crippen molar-refractivity contribution in [3.8, 4) is 0 Å². The molecule has 2 heteroatoms. The monoisotopic (exact) mass is 253 g/mol. The number of rotatable bonds is 2. The lowest BCUT2D eigenvalue weighted by molar-refractivity contribution is 0.0971. The van der Waals surface area contributed by atoms with Crippen molar-refractivity contribution in [2.45, 2.75) is 39.2 Å². The number of carbonyl (C=O) groups is 1. The predicted octanol–water partition coefficient (Wildman–Crippen LogP) is 3.92. The third-order valence-corrected chi connectivity index (χ3v) is 4.12. The van der Waals surface area contributed by atoms with Crippen molar-refractivity contribution in [1.82, 2.24) is 4.57 Å². The Kier molecular flexibility index (Phi) is 3.02. The second-order valence-electron chi connectivity index (χ2n) is 5.38. The van der Waals surface area contributed by atoms with Crippen LogP contribution in [-0.4, -0.2) is 10.4 Å². The van der Waals surface area contributed by atoms with Crippen molar-refractivity contribution in [2.75, 3.05) is 0 Å². The van der Waals surface area contributed by atoms with Crippen LogP contribution in [0.25, 0.3) is 0 Å². The fraction of sp³-hybridized carbons (Fsp3) is 0.353. The van der Waals surface area contributed by atoms with E-state index in [0.29, 0.717) is 12.2 Å². The van der Waals surface area contributed by atoms with Crippen LogP contribution < -0.4 is 0 Å². The summed E-state index contributed by atoms with van der Waals surface area (Å²) in [7, 11) is 0. The third-order valence-electron chi connectivity index (χ3n) is 4.12. The van der Waals surface area contributed by atoms with Gasteiger partial charge in [-0.05, 0) is 38.3 Å². The summed E-state index contributed by atoms with van der Waals surface area (Å²) >= 11 is 0. The lowest BCUT2D eigenvalue weighted by Gasteiger charge is -2.22. The number of aryl methyl sites for hydroxylation is 1. The zero-order valence-corrected chi connectivity index (χ0v) is 11.5. The average Bonchev–Trinajstić information content (AvgIpc) is 2.77. The SMILES string of the molecule is Cc1cc2c(n1C(C)c1ccccc1)CCCC2=O. The molecule has 0 radical (unpaired) electrons. The molecule has 0 saturated heterocycles. The summed E-state index contributed by atoms with van der Waals surface area (Å²) in [5.74, 6) is 0.309. The Hall–Kier alpha value is -1.83. The minimum Gasteiger partial charge on any atom is -0.341 e. The van der Waals surface area contributed by atoms with E-state index in [1.54, 1.807) is 0 Å². The molecule has 0 fully saturated rings. The summed E-state index contributed by atoms with van der Waals surface area (Å²) in [5, 5.41) is 0. The molecule has 1 atom stereocenters. The second kappa shape index (κ2) is 4.69. The van der Waals surface area contributed by atoms with Gasteiger partial charge in [0.2, 0.25) is 0 Å². The van der Waals surface area contributed by atoms with Gasteiger partial charge in [0, 0.05) is 23.4 Å². The van der Waals surface area contributed by atoms with Crippen molar-refractivity contribution in [3.63, 3.8) is 0 Å². The van der Waals surface area contributed by atoms with Crippen LogP contribution in [0.3, 0.4) is 0 Å². The molecule has 0 saturated carbocycles. The van der Waals surface area contributed by atoms with E-state index in [9.17, 15) is 4.79 Å². The molecule has 1 aliphatic rings. The van der Waals surface area contributed by atoms with Gasteiger partial charge in [0.15, 0.2) is 5.78 Å². The number of ketones is 1. The maximum Gasteiger partial charge on any atom is 0.164 e. The first-order valence-corrected chi connectivity index (χ1v) is 6.97. The normalized spacial score (nSPS) is 16.2. The Labute approximate surface area is 114 Å². The summed E-state index contributed by atoms with van der Waals surface area (Å²) in [5.41, 5.74) is 4.66. The van der Waals surface area contributed by atoms with Gasteiger partial charge in [-0.2, -0.15) is 0 Å². The second-order valence-corrected chi connectivity index (χ2v) is 5.38. The first-order valence-electron chi connectivity index (χ1n) is 6.97. The van der Waals surface area contributed by atoms with E-state index < -0.39 is 0 Å². The number of benzene rings is 1. The maximum atomic E-state index is 12.0. The van der Waals surface area contributed by atoms with Crippen molar-refractivity contribution < 1.29 is 4.79 Å². The average molecular weight is 253 g/mol. The van der Waals surface area contributed by atoms with Crippen LogP contribution in [0.5, 0.6) is 0 Å². The van der Waals surface area contributed by atoms with Crippen LogP contribution in [0, 0.1) is 6.92 Å². The standard InChI is InChI=1S/C17H19NO/c1-12-11-15-16(9-6-10-17(15)19)18(12)13(2)14-7-4-3-5-8-14/h3-5,7-8,11,13H,6,9-10H2,1-2H3. The number of fused-ring (bicyclic) bond motifs is 1. The van der Waals surface area contributed by atoms with E-state index in [1.165, 1.54) is 17.0 Å². The zero-order valence-electron chi connectivity index (χ0n) is 11.5. The third kappa shape index (κ3) is 2.01. The van der Waals surface area contributed by atoms with Gasteiger partial charge in [0.05, 0.1) is 6.04 Å². The van der Waals surface area contributed by atoms with Gasteiger partial charge in [0.1, 0.15) is 0 Å². The Balaban J connectivity index is 2.08. The highest BCUT2D eigenvalue weighted by Crippen LogP contribution is 2.30. The van der Waals surface area contributed by atoms with Gasteiger partial charge in [-0.25, -0.2) is 0 Å². The molecule has 0 spiro atoms. The van der Waals surface area contributed by atoms with Crippen LogP contribution in [-0.2, 0) is 6.42 Å². The fourth-order valence-corrected chi connectivity index (χ4v) is 3.17. The first kappa shape index (κ1) is 12.2. The molecule has 0 aliphatic heterocycles. The summed E-state index contributed by atoms with van der Waals surface area (Å²) in [6.45, 7) is 4.31. The topological polar surface area (TPSA) is 22.0 Å². The maximum absolute atomic E-state index is 12.0. The Morgan fingerprint density at radius 1 is 1.16 bits per heavy atom. The number of carbonyl (C=O) groups excluding carboxylic acids is 1. The Morgan fingerprint density at radius 3 is 2.63 bits per heavy atom. The van der Waals surface area contributed by atoms with Crippen LogP contribution in [0.2, 0.25) is 0 Å². The molecule has 19 heavy (non-hydrogen) atoms. The number of Topliss-reactive ketones (excluding diaryl/α,β-unsaturated/α-hetero) is 1. The highest BCUT2D eigenvalue weighted by atomic mass is 16.1. The summed E-state index contributed by atoms with van der Waals surface area (Å²) in [4.78, 5) is 12.0. The zero-order chi connectivity index (χ0) is 13.4. The highest BCUT2D eigenvalue weighted by Gasteiger charge is 2.24. The molecular weight excluding hydrogens is 234 g/mol. The van der Waals surface area contributed by atoms with E-state index in [1.807, 2.05) is 6.07 Å².